The van der Waals surface area contributed by atoms with Crippen LogP contribution in [0, 0.1) is 19.7 Å². The number of H-pyrrole nitrogens is 4. The van der Waals surface area contributed by atoms with Gasteiger partial charge in [0.2, 0.25) is 5.88 Å². The Kier molecular flexibility index (Phi) is 19.6. The first-order valence-electron chi connectivity index (χ1n) is 38.2. The van der Waals surface area contributed by atoms with Crippen LogP contribution in [0.1, 0.15) is 168 Å². The minimum absolute atomic E-state index is 0.232. The van der Waals surface area contributed by atoms with Gasteiger partial charge in [-0.1, -0.05) is 74.5 Å². The van der Waals surface area contributed by atoms with Crippen molar-refractivity contribution in [3.8, 4) is 50.9 Å². The molecule has 19 rings (SSSR count). The van der Waals surface area contributed by atoms with Crippen molar-refractivity contribution < 1.29 is 9.13 Å². The van der Waals surface area contributed by atoms with Crippen LogP contribution >= 0.6 is 0 Å². The predicted molar refractivity (Wildman–Crippen MR) is 424 cm³/mol. The van der Waals surface area contributed by atoms with Crippen molar-refractivity contribution >= 4 is 51.8 Å². The number of aryl methyl sites for hydroxylation is 4. The van der Waals surface area contributed by atoms with E-state index in [1.54, 1.807) is 44.4 Å². The highest BCUT2D eigenvalue weighted by atomic mass is 19.1. The van der Waals surface area contributed by atoms with E-state index in [1.807, 2.05) is 37.5 Å². The van der Waals surface area contributed by atoms with E-state index in [1.165, 1.54) is 69.6 Å². The van der Waals surface area contributed by atoms with Crippen LogP contribution in [0.15, 0.2) is 165 Å². The van der Waals surface area contributed by atoms with Gasteiger partial charge in [0, 0.05) is 168 Å². The highest BCUT2D eigenvalue weighted by Crippen LogP contribution is 2.46. The number of ether oxygens (including phenoxy) is 1. The first-order valence-corrected chi connectivity index (χ1v) is 38.2. The lowest BCUT2D eigenvalue weighted by atomic mass is 9.96. The molecule has 0 spiro atoms. The predicted octanol–water partition coefficient (Wildman–Crippen LogP) is 17.0. The van der Waals surface area contributed by atoms with Crippen LogP contribution in [-0.4, -0.2) is 126 Å². The number of piperidine rings is 3. The fourth-order valence-corrected chi connectivity index (χ4v) is 16.2. The second kappa shape index (κ2) is 30.5. The molecule has 21 heteroatoms. The molecule has 3 aromatic carbocycles. The summed E-state index contributed by atoms with van der Waals surface area (Å²) < 4.78 is 18.6. The third-order valence-electron chi connectivity index (χ3n) is 22.3. The van der Waals surface area contributed by atoms with Crippen LogP contribution in [-0.2, 0) is 25.7 Å². The lowest BCUT2D eigenvalue weighted by Crippen LogP contribution is -2.34. The van der Waals surface area contributed by atoms with Crippen molar-refractivity contribution in [1.82, 2.24) is 79.7 Å². The molecule has 4 fully saturated rings. The van der Waals surface area contributed by atoms with Gasteiger partial charge >= 0.3 is 0 Å². The van der Waals surface area contributed by atoms with E-state index in [-0.39, 0.29) is 5.82 Å². The number of allylic oxidation sites excluding steroid dienone is 2. The number of fused-ring (bicyclic) bond motifs is 3. The maximum absolute atomic E-state index is 13.3. The number of aromatic amines is 4. The highest BCUT2D eigenvalue weighted by molar-refractivity contribution is 5.94. The summed E-state index contributed by atoms with van der Waals surface area (Å²) in [6, 6.07) is 42.2. The first kappa shape index (κ1) is 69.2. The van der Waals surface area contributed by atoms with E-state index in [4.69, 9.17) is 34.6 Å². The van der Waals surface area contributed by atoms with Gasteiger partial charge in [-0.2, -0.15) is 0 Å². The van der Waals surface area contributed by atoms with Crippen molar-refractivity contribution in [2.24, 2.45) is 0 Å². The molecule has 544 valence electrons. The molecule has 20 nitrogen and oxygen atoms in total. The molecule has 3 saturated heterocycles. The summed E-state index contributed by atoms with van der Waals surface area (Å²) in [5, 5.41) is 1.03. The summed E-state index contributed by atoms with van der Waals surface area (Å²) in [5.74, 6) is 8.56. The summed E-state index contributed by atoms with van der Waals surface area (Å²) in [5.41, 5.74) is 24.5. The smallest absolute Gasteiger partial charge is 0.213 e. The maximum atomic E-state index is 13.3. The Hall–Kier alpha value is -11.9. The minimum atomic E-state index is -0.232. The molecule has 10 aromatic heterocycles. The first-order chi connectivity index (χ1) is 53.0. The second-order valence-corrected chi connectivity index (χ2v) is 29.2. The maximum Gasteiger partial charge on any atom is 0.213 e. The molecule has 1 saturated carbocycles. The quantitative estimate of drug-likeness (QED) is 0.0704. The molecule has 3 aliphatic heterocycles. The third kappa shape index (κ3) is 14.5. The zero-order valence-corrected chi connectivity index (χ0v) is 61.8. The Morgan fingerprint density at radius 3 is 1.39 bits per heavy atom. The average molecular weight is 1430 g/mol. The van der Waals surface area contributed by atoms with E-state index in [0.717, 1.165) is 223 Å². The number of imidazole rings is 3. The summed E-state index contributed by atoms with van der Waals surface area (Å²) in [4.78, 5) is 77.5. The Balaban J connectivity index is 0.000000119. The van der Waals surface area contributed by atoms with E-state index in [9.17, 15) is 4.39 Å². The molecule has 0 amide bonds. The monoisotopic (exact) mass is 1430 g/mol. The molecule has 0 bridgehead atoms. The molecule has 13 aromatic rings. The number of anilines is 3. The topological polar surface area (TPSA) is 237 Å². The van der Waals surface area contributed by atoms with E-state index < -0.39 is 0 Å². The molecule has 0 unspecified atom stereocenters. The Morgan fingerprint density at radius 1 is 0.426 bits per heavy atom. The summed E-state index contributed by atoms with van der Waals surface area (Å²) in [6.07, 6.45) is 27.4. The van der Waals surface area contributed by atoms with Crippen molar-refractivity contribution in [1.29, 1.82) is 0 Å². The van der Waals surface area contributed by atoms with Crippen LogP contribution in [0.5, 0.6) is 5.88 Å². The van der Waals surface area contributed by atoms with Crippen LogP contribution < -0.4 is 19.4 Å². The number of hydrogen-bond donors (Lipinski definition) is 4. The number of aromatic nitrogens is 16. The molecular weight excluding hydrogens is 1350 g/mol. The van der Waals surface area contributed by atoms with E-state index in [2.05, 4.69) is 182 Å². The molecule has 0 radical (unpaired) electrons. The summed E-state index contributed by atoms with van der Waals surface area (Å²) in [7, 11) is 1.63. The largest absolute Gasteiger partial charge is 0.481 e. The van der Waals surface area contributed by atoms with E-state index in [0.29, 0.717) is 29.6 Å². The Labute approximate surface area is 628 Å². The van der Waals surface area contributed by atoms with Crippen molar-refractivity contribution in [2.75, 3.05) is 61.1 Å². The van der Waals surface area contributed by atoms with Gasteiger partial charge in [-0.15, -0.1) is 0 Å². The van der Waals surface area contributed by atoms with Gasteiger partial charge in [-0.25, -0.2) is 54.2 Å². The van der Waals surface area contributed by atoms with Gasteiger partial charge < -0.3 is 39.4 Å². The van der Waals surface area contributed by atoms with Crippen molar-refractivity contribution in [2.45, 2.75) is 128 Å². The van der Waals surface area contributed by atoms with Crippen LogP contribution in [0.3, 0.4) is 0 Å². The van der Waals surface area contributed by atoms with E-state index >= 15 is 0 Å². The highest BCUT2D eigenvalue weighted by Gasteiger charge is 2.35. The third-order valence-corrected chi connectivity index (χ3v) is 22.3. The standard InChI is InChI=1S/C29H29FN6.C29H29N7O.C29H30N6/c1-3-24-14-21(8-11-31-24)22-15-25-26(16-22)32-17-33-29(25)36-12-9-20(10-13-36)28-34-18(2)27(35-28)19-4-6-23(30)7-5-19;1-37-24-15-21(9-12-30-24)23-16-22-28(33-23)31-17-32-29(22)36-13-10-20(11-14-36)27-34-25(18-5-3-2-4-6-18)26(35-27)19-7-8-19;1-3-24-15-22(9-12-30-24)23-16-25-26(17-23)31-18-32-29(25)35-13-10-21(11-14-35)28-33-19(2)27(34-28)20-7-5-4-6-8-20/h4-8,11,14-15,17,20H,3,9-10,12-13,16H2,1-2H3,(H,34,35);2-6,9,12,15-17,19-20H,7-8,10-11,13-14H2,1H3,(H,34,35)(H,31,32,33);4-9,12,15-16,18,21H,3,10-11,13-14,17H2,1-2H3,(H,33,34). The number of pyridine rings is 3. The van der Waals surface area contributed by atoms with Crippen LogP contribution in [0.2, 0.25) is 0 Å². The molecule has 4 N–H and O–H groups in total. The van der Waals surface area contributed by atoms with Gasteiger partial charge in [0.15, 0.2) is 0 Å². The number of methoxy groups -OCH3 is 1. The van der Waals surface area contributed by atoms with Crippen molar-refractivity contribution in [3.63, 3.8) is 0 Å². The molecule has 0 atom stereocenters. The Bertz CT molecular complexity index is 5420. The number of hydrogen-bond acceptors (Lipinski definition) is 16. The van der Waals surface area contributed by atoms with Gasteiger partial charge in [0.25, 0.3) is 0 Å². The molecule has 3 aliphatic carbocycles. The lowest BCUT2D eigenvalue weighted by molar-refractivity contribution is 0.398. The summed E-state index contributed by atoms with van der Waals surface area (Å²) >= 11 is 0. The number of benzene rings is 3. The fourth-order valence-electron chi connectivity index (χ4n) is 16.2. The molecule has 13 heterocycles. The van der Waals surface area contributed by atoms with Gasteiger partial charge in [0.1, 0.15) is 65.4 Å². The molecule has 6 aliphatic rings. The minimum Gasteiger partial charge on any atom is -0.481 e. The van der Waals surface area contributed by atoms with Gasteiger partial charge in [0.05, 0.1) is 41.0 Å². The Morgan fingerprint density at radius 2 is 0.880 bits per heavy atom. The normalized spacial score (nSPS) is 16.0. The van der Waals surface area contributed by atoms with Crippen LogP contribution in [0.25, 0.3) is 79.4 Å². The molecular formula is C87H88FN19O. The zero-order chi connectivity index (χ0) is 73.2. The number of nitrogens with one attached hydrogen (secondary N) is 4. The van der Waals surface area contributed by atoms with Crippen molar-refractivity contribution in [3.05, 3.63) is 250 Å². The van der Waals surface area contributed by atoms with Crippen LogP contribution in [0.4, 0.5) is 21.8 Å². The summed E-state index contributed by atoms with van der Waals surface area (Å²) in [6.45, 7) is 14.0. The lowest BCUT2D eigenvalue weighted by Gasteiger charge is -2.32. The average Bonchev–Trinajstić information content (AvgIpc) is 1.64. The second-order valence-electron chi connectivity index (χ2n) is 29.2. The number of nitrogens with zero attached hydrogens (tertiary/aromatic N) is 15. The fraction of sp³-hybridized carbons (Fsp3) is 0.310. The SMILES string of the molecule is CCc1cc(C2=Cc3c(ncnc3N3CCC(c4nc(-c5ccc(F)cc5)c(C)[nH]4)CC3)C2)ccn1.CCc1cc(C2=Cc3c(ncnc3N3CCC(c4nc(-c5ccccc5)c(C)[nH]4)CC3)C2)ccn1.COc1cc(-c2cc3c(N4CCC(c5nc(-c6ccccc6)c(C6CC6)[nH]5)CC4)ncnc3[nH]2)ccn1. The van der Waals surface area contributed by atoms with Gasteiger partial charge in [-0.3, -0.25) is 9.97 Å². The zero-order valence-electron chi connectivity index (χ0n) is 61.8. The number of rotatable bonds is 16. The molecule has 108 heavy (non-hydrogen) atoms. The number of halogens is 1. The van der Waals surface area contributed by atoms with Gasteiger partial charge in [-0.05, 0) is 173 Å².